The van der Waals surface area contributed by atoms with E-state index in [4.69, 9.17) is 4.74 Å². The van der Waals surface area contributed by atoms with Crippen molar-refractivity contribution in [1.29, 1.82) is 0 Å². The molecule has 1 fully saturated rings. The van der Waals surface area contributed by atoms with Gasteiger partial charge in [0.1, 0.15) is 22.7 Å². The number of aromatic hydroxyl groups is 2. The van der Waals surface area contributed by atoms with Gasteiger partial charge >= 0.3 is 5.97 Å². The molecule has 4 unspecified atom stereocenters. The highest BCUT2D eigenvalue weighted by Gasteiger charge is 2.50. The van der Waals surface area contributed by atoms with Gasteiger partial charge in [-0.05, 0) is 122 Å². The monoisotopic (exact) mass is 564 g/mol. The highest BCUT2D eigenvalue weighted by Crippen LogP contribution is 2.52. The molecule has 1 aromatic rings. The SMILES string of the molecule is CCCCCc1cc(O)c(CC=C(C)CCC=C(C)C)c(O)c1C(=O)OC1(C)CCC(C(C)C)C2C=C(C)CCC21. The first-order valence-electron chi connectivity index (χ1n) is 16.1. The van der Waals surface area contributed by atoms with Crippen LogP contribution in [0.25, 0.3) is 0 Å². The summed E-state index contributed by atoms with van der Waals surface area (Å²) in [6.07, 6.45) is 16.5. The summed E-state index contributed by atoms with van der Waals surface area (Å²) in [4.78, 5) is 14.1. The van der Waals surface area contributed by atoms with Crippen molar-refractivity contribution in [3.05, 3.63) is 57.7 Å². The van der Waals surface area contributed by atoms with Crippen LogP contribution in [0, 0.1) is 23.7 Å². The maximum Gasteiger partial charge on any atom is 0.342 e. The molecule has 4 heteroatoms. The van der Waals surface area contributed by atoms with E-state index in [1.807, 2.05) is 0 Å². The van der Waals surface area contributed by atoms with Crippen molar-refractivity contribution in [2.45, 2.75) is 132 Å². The van der Waals surface area contributed by atoms with Gasteiger partial charge in [0.15, 0.2) is 0 Å². The van der Waals surface area contributed by atoms with Gasteiger partial charge in [0, 0.05) is 11.5 Å². The topological polar surface area (TPSA) is 66.8 Å². The van der Waals surface area contributed by atoms with E-state index < -0.39 is 11.6 Å². The molecule has 2 aliphatic rings. The largest absolute Gasteiger partial charge is 0.508 e. The summed E-state index contributed by atoms with van der Waals surface area (Å²) in [5, 5.41) is 22.5. The zero-order valence-corrected chi connectivity index (χ0v) is 27.1. The third-order valence-electron chi connectivity index (χ3n) is 9.69. The predicted molar refractivity (Wildman–Crippen MR) is 170 cm³/mol. The number of esters is 1. The summed E-state index contributed by atoms with van der Waals surface area (Å²) < 4.78 is 6.49. The summed E-state index contributed by atoms with van der Waals surface area (Å²) in [6.45, 7) is 17.4. The number of fused-ring (bicyclic) bond motifs is 1. The number of unbranched alkanes of at least 4 members (excludes halogenated alkanes) is 2. The van der Waals surface area contributed by atoms with E-state index in [9.17, 15) is 15.0 Å². The van der Waals surface area contributed by atoms with E-state index in [0.29, 0.717) is 41.7 Å². The molecule has 0 heterocycles. The first kappa shape index (κ1) is 33.0. The number of carbonyl (C=O) groups excluding carboxylic acids is 1. The Morgan fingerprint density at radius 2 is 1.88 bits per heavy atom. The zero-order valence-electron chi connectivity index (χ0n) is 27.1. The van der Waals surface area contributed by atoms with E-state index in [2.05, 4.69) is 73.6 Å². The van der Waals surface area contributed by atoms with Crippen LogP contribution in [-0.4, -0.2) is 21.8 Å². The van der Waals surface area contributed by atoms with Crippen LogP contribution in [0.15, 0.2) is 41.0 Å². The lowest BCUT2D eigenvalue weighted by Gasteiger charge is -2.51. The number of allylic oxidation sites excluding steroid dienone is 6. The first-order valence-corrected chi connectivity index (χ1v) is 16.1. The summed E-state index contributed by atoms with van der Waals surface area (Å²) in [7, 11) is 0. The second-order valence-electron chi connectivity index (χ2n) is 13.7. The fourth-order valence-corrected chi connectivity index (χ4v) is 7.14. The second-order valence-corrected chi connectivity index (χ2v) is 13.7. The molecule has 3 rings (SSSR count). The third kappa shape index (κ3) is 8.30. The lowest BCUT2D eigenvalue weighted by molar-refractivity contribution is -0.0951. The Morgan fingerprint density at radius 3 is 2.54 bits per heavy atom. The van der Waals surface area contributed by atoms with E-state index in [1.54, 1.807) is 6.07 Å². The number of ether oxygens (including phenoxy) is 1. The van der Waals surface area contributed by atoms with Crippen LogP contribution >= 0.6 is 0 Å². The van der Waals surface area contributed by atoms with E-state index in [1.165, 1.54) is 16.7 Å². The molecule has 0 bridgehead atoms. The minimum absolute atomic E-state index is 0.0514. The van der Waals surface area contributed by atoms with Crippen molar-refractivity contribution in [2.24, 2.45) is 23.7 Å². The molecule has 0 saturated heterocycles. The van der Waals surface area contributed by atoms with Crippen molar-refractivity contribution < 1.29 is 19.7 Å². The molecule has 41 heavy (non-hydrogen) atoms. The Bertz CT molecular complexity index is 1150. The van der Waals surface area contributed by atoms with Crippen LogP contribution in [0.1, 0.15) is 135 Å². The Balaban J connectivity index is 1.93. The van der Waals surface area contributed by atoms with Gasteiger partial charge in [-0.2, -0.15) is 0 Å². The molecule has 4 nitrogen and oxygen atoms in total. The smallest absolute Gasteiger partial charge is 0.342 e. The van der Waals surface area contributed by atoms with Gasteiger partial charge in [0.2, 0.25) is 0 Å². The number of carbonyl (C=O) groups is 1. The van der Waals surface area contributed by atoms with E-state index in [0.717, 1.165) is 57.8 Å². The summed E-state index contributed by atoms with van der Waals surface area (Å²) in [5.41, 5.74) is 4.68. The fourth-order valence-electron chi connectivity index (χ4n) is 7.14. The van der Waals surface area contributed by atoms with Gasteiger partial charge in [0.25, 0.3) is 0 Å². The van der Waals surface area contributed by atoms with Crippen molar-refractivity contribution in [3.63, 3.8) is 0 Å². The Labute approximate surface area is 250 Å². The molecule has 0 amide bonds. The van der Waals surface area contributed by atoms with Crippen LogP contribution in [0.3, 0.4) is 0 Å². The number of hydrogen-bond acceptors (Lipinski definition) is 4. The molecule has 1 saturated carbocycles. The molecule has 0 aromatic heterocycles. The number of aryl methyl sites for hydroxylation is 1. The van der Waals surface area contributed by atoms with Crippen LogP contribution in [0.4, 0.5) is 0 Å². The Hall–Kier alpha value is -2.49. The Morgan fingerprint density at radius 1 is 1.15 bits per heavy atom. The van der Waals surface area contributed by atoms with Gasteiger partial charge in [0.05, 0.1) is 0 Å². The molecule has 4 atom stereocenters. The average Bonchev–Trinajstić information content (AvgIpc) is 2.88. The highest BCUT2D eigenvalue weighted by atomic mass is 16.6. The third-order valence-corrected chi connectivity index (χ3v) is 9.69. The molecule has 2 aliphatic carbocycles. The number of rotatable bonds is 12. The normalized spacial score (nSPS) is 24.6. The molecule has 0 spiro atoms. The van der Waals surface area contributed by atoms with Crippen LogP contribution in [-0.2, 0) is 17.6 Å². The number of phenols is 2. The summed E-state index contributed by atoms with van der Waals surface area (Å²) in [6, 6.07) is 1.70. The van der Waals surface area contributed by atoms with Crippen molar-refractivity contribution in [2.75, 3.05) is 0 Å². The quantitative estimate of drug-likeness (QED) is 0.151. The van der Waals surface area contributed by atoms with Gasteiger partial charge in [-0.1, -0.05) is 68.6 Å². The summed E-state index contributed by atoms with van der Waals surface area (Å²) in [5.74, 6) is 1.33. The zero-order chi connectivity index (χ0) is 30.3. The minimum Gasteiger partial charge on any atom is -0.508 e. The second kappa shape index (κ2) is 14.6. The molecule has 228 valence electrons. The van der Waals surface area contributed by atoms with Crippen molar-refractivity contribution >= 4 is 5.97 Å². The molecule has 0 aliphatic heterocycles. The average molecular weight is 565 g/mol. The van der Waals surface area contributed by atoms with Crippen LogP contribution in [0.5, 0.6) is 11.5 Å². The predicted octanol–water partition coefficient (Wildman–Crippen LogP) is 10.0. The Kier molecular flexibility index (Phi) is 11.8. The maximum atomic E-state index is 14.1. The maximum absolute atomic E-state index is 14.1. The molecule has 0 radical (unpaired) electrons. The molecule has 1 aromatic carbocycles. The van der Waals surface area contributed by atoms with Gasteiger partial charge < -0.3 is 14.9 Å². The lowest BCUT2D eigenvalue weighted by atomic mass is 9.58. The van der Waals surface area contributed by atoms with E-state index in [-0.39, 0.29) is 23.0 Å². The molecular weight excluding hydrogens is 508 g/mol. The summed E-state index contributed by atoms with van der Waals surface area (Å²) >= 11 is 0. The lowest BCUT2D eigenvalue weighted by Crippen LogP contribution is -2.50. The number of phenolic OH excluding ortho intramolecular Hbond substituents is 2. The van der Waals surface area contributed by atoms with Crippen molar-refractivity contribution in [1.82, 2.24) is 0 Å². The van der Waals surface area contributed by atoms with E-state index >= 15 is 0 Å². The minimum atomic E-state index is -0.586. The van der Waals surface area contributed by atoms with Gasteiger partial charge in [-0.15, -0.1) is 0 Å². The highest BCUT2D eigenvalue weighted by molar-refractivity contribution is 5.95. The van der Waals surface area contributed by atoms with Gasteiger partial charge in [-0.3, -0.25) is 0 Å². The number of hydrogen-bond donors (Lipinski definition) is 2. The molecule has 2 N–H and O–H groups in total. The standard InChI is InChI=1S/C37H56O4/c1-9-10-11-15-28-23-33(38)30(18-16-26(6)14-12-13-24(2)3)35(39)34(28)36(40)41-37(8)21-20-29(25(4)5)31-22-27(7)17-19-32(31)37/h13,16,22-23,25,29,31-32,38-39H,9-12,14-15,17-21H2,1-8H3. The number of benzene rings is 1. The van der Waals surface area contributed by atoms with Crippen LogP contribution in [0.2, 0.25) is 0 Å². The van der Waals surface area contributed by atoms with Gasteiger partial charge in [-0.25, -0.2) is 4.79 Å². The fraction of sp³-hybridized carbons (Fsp3) is 0.649. The van der Waals surface area contributed by atoms with Crippen LogP contribution < -0.4 is 0 Å². The first-order chi connectivity index (χ1) is 19.4. The van der Waals surface area contributed by atoms with Crippen molar-refractivity contribution in [3.8, 4) is 11.5 Å². The molecular formula is C37H56O4.